The number of halogens is 3. The first-order valence-corrected chi connectivity index (χ1v) is 7.63. The Kier molecular flexibility index (Phi) is 5.32. The molecular weight excluding hydrogens is 422 g/mol. The summed E-state index contributed by atoms with van der Waals surface area (Å²) in [6.45, 7) is 0. The van der Waals surface area contributed by atoms with Crippen molar-refractivity contribution in [1.82, 2.24) is 5.43 Å². The Hall–Kier alpha value is -0.500. The van der Waals surface area contributed by atoms with Gasteiger partial charge in [0.05, 0.1) is 6.04 Å². The molecule has 0 amide bonds. The Morgan fingerprint density at radius 2 is 2.05 bits per heavy atom. The minimum Gasteiger partial charge on any atom is -0.271 e. The zero-order valence-electron chi connectivity index (χ0n) is 10.0. The normalized spacial score (nSPS) is 12.4. The van der Waals surface area contributed by atoms with Gasteiger partial charge in [0.15, 0.2) is 0 Å². The Morgan fingerprint density at radius 1 is 1.26 bits per heavy atom. The van der Waals surface area contributed by atoms with Crippen LogP contribution in [0.5, 0.6) is 0 Å². The summed E-state index contributed by atoms with van der Waals surface area (Å²) >= 11 is 5.79. The SMILES string of the molecule is NNC(Cc1cccc(F)c1)c1cc(I)ccc1Br. The topological polar surface area (TPSA) is 38.0 Å². The van der Waals surface area contributed by atoms with E-state index in [9.17, 15) is 4.39 Å². The van der Waals surface area contributed by atoms with Crippen molar-refractivity contribution in [3.63, 3.8) is 0 Å². The molecule has 0 fully saturated rings. The van der Waals surface area contributed by atoms with Gasteiger partial charge in [-0.05, 0) is 70.5 Å². The summed E-state index contributed by atoms with van der Waals surface area (Å²) in [6, 6.07) is 12.6. The molecule has 0 radical (unpaired) electrons. The fourth-order valence-electron chi connectivity index (χ4n) is 1.94. The van der Waals surface area contributed by atoms with Crippen molar-refractivity contribution in [3.8, 4) is 0 Å². The van der Waals surface area contributed by atoms with Crippen LogP contribution in [0, 0.1) is 9.39 Å². The molecule has 1 atom stereocenters. The highest BCUT2D eigenvalue weighted by atomic mass is 127. The predicted octanol–water partition coefficient (Wildman–Crippen LogP) is 3.94. The molecule has 1 unspecified atom stereocenters. The summed E-state index contributed by atoms with van der Waals surface area (Å²) in [6.07, 6.45) is 0.632. The molecular formula is C14H13BrFIN2. The van der Waals surface area contributed by atoms with Crippen LogP contribution in [-0.2, 0) is 6.42 Å². The van der Waals surface area contributed by atoms with Crippen molar-refractivity contribution in [1.29, 1.82) is 0 Å². The quantitative estimate of drug-likeness (QED) is 0.434. The molecule has 0 bridgehead atoms. The fourth-order valence-corrected chi connectivity index (χ4v) is 2.98. The maximum atomic E-state index is 13.2. The predicted molar refractivity (Wildman–Crippen MR) is 87.0 cm³/mol. The molecule has 0 aliphatic rings. The largest absolute Gasteiger partial charge is 0.271 e. The van der Waals surface area contributed by atoms with E-state index >= 15 is 0 Å². The Bertz CT molecular complexity index is 577. The van der Waals surface area contributed by atoms with Crippen LogP contribution in [0.1, 0.15) is 17.2 Å². The summed E-state index contributed by atoms with van der Waals surface area (Å²) < 4.78 is 15.3. The second-order valence-electron chi connectivity index (χ2n) is 4.22. The van der Waals surface area contributed by atoms with Crippen LogP contribution >= 0.6 is 38.5 Å². The fraction of sp³-hybridized carbons (Fsp3) is 0.143. The molecule has 5 heteroatoms. The van der Waals surface area contributed by atoms with Crippen LogP contribution < -0.4 is 11.3 Å². The smallest absolute Gasteiger partial charge is 0.123 e. The lowest BCUT2D eigenvalue weighted by atomic mass is 9.99. The number of nitrogens with one attached hydrogen (secondary N) is 1. The third-order valence-electron chi connectivity index (χ3n) is 2.86. The zero-order chi connectivity index (χ0) is 13.8. The van der Waals surface area contributed by atoms with Crippen LogP contribution in [0.15, 0.2) is 46.9 Å². The van der Waals surface area contributed by atoms with E-state index in [4.69, 9.17) is 5.84 Å². The molecule has 0 heterocycles. The van der Waals surface area contributed by atoms with Gasteiger partial charge in [-0.3, -0.25) is 11.3 Å². The van der Waals surface area contributed by atoms with E-state index in [0.717, 1.165) is 19.2 Å². The van der Waals surface area contributed by atoms with E-state index in [1.165, 1.54) is 12.1 Å². The van der Waals surface area contributed by atoms with E-state index < -0.39 is 0 Å². The van der Waals surface area contributed by atoms with Gasteiger partial charge in [-0.25, -0.2) is 4.39 Å². The van der Waals surface area contributed by atoms with Crippen molar-refractivity contribution in [2.45, 2.75) is 12.5 Å². The summed E-state index contributed by atoms with van der Waals surface area (Å²) in [4.78, 5) is 0. The van der Waals surface area contributed by atoms with Gasteiger partial charge in [0.25, 0.3) is 0 Å². The molecule has 3 N–H and O–H groups in total. The highest BCUT2D eigenvalue weighted by Crippen LogP contribution is 2.27. The maximum absolute atomic E-state index is 13.2. The number of nitrogens with two attached hydrogens (primary N) is 1. The molecule has 0 aliphatic carbocycles. The third kappa shape index (κ3) is 3.98. The molecule has 0 saturated heterocycles. The standard InChI is InChI=1S/C14H13BrFIN2/c15-13-5-4-11(17)8-12(13)14(19-18)7-9-2-1-3-10(16)6-9/h1-6,8,14,19H,7,18H2. The van der Waals surface area contributed by atoms with Crippen LogP contribution in [0.4, 0.5) is 4.39 Å². The van der Waals surface area contributed by atoms with Gasteiger partial charge >= 0.3 is 0 Å². The lowest BCUT2D eigenvalue weighted by molar-refractivity contribution is 0.546. The molecule has 2 aromatic carbocycles. The number of hydrogen-bond acceptors (Lipinski definition) is 2. The third-order valence-corrected chi connectivity index (χ3v) is 4.26. The van der Waals surface area contributed by atoms with E-state index in [1.807, 2.05) is 18.2 Å². The van der Waals surface area contributed by atoms with Crippen LogP contribution in [0.3, 0.4) is 0 Å². The summed E-state index contributed by atoms with van der Waals surface area (Å²) in [5.41, 5.74) is 4.78. The van der Waals surface area contributed by atoms with Crippen LogP contribution in [0.25, 0.3) is 0 Å². The van der Waals surface area contributed by atoms with Crippen LogP contribution in [0.2, 0.25) is 0 Å². The number of hydrazine groups is 1. The van der Waals surface area contributed by atoms with Crippen molar-refractivity contribution < 1.29 is 4.39 Å². The minimum atomic E-state index is -0.227. The summed E-state index contributed by atoms with van der Waals surface area (Å²) in [7, 11) is 0. The van der Waals surface area contributed by atoms with Gasteiger partial charge in [0.2, 0.25) is 0 Å². The number of rotatable bonds is 4. The molecule has 2 nitrogen and oxygen atoms in total. The molecule has 100 valence electrons. The van der Waals surface area contributed by atoms with Gasteiger partial charge in [-0.1, -0.05) is 28.1 Å². The monoisotopic (exact) mass is 434 g/mol. The van der Waals surface area contributed by atoms with E-state index in [1.54, 1.807) is 6.07 Å². The van der Waals surface area contributed by atoms with E-state index in [2.05, 4.69) is 50.0 Å². The molecule has 19 heavy (non-hydrogen) atoms. The molecule has 0 spiro atoms. The highest BCUT2D eigenvalue weighted by molar-refractivity contribution is 14.1. The number of hydrogen-bond donors (Lipinski definition) is 2. The Balaban J connectivity index is 2.27. The average Bonchev–Trinajstić information content (AvgIpc) is 2.39. The average molecular weight is 435 g/mol. The maximum Gasteiger partial charge on any atom is 0.123 e. The van der Waals surface area contributed by atoms with Crippen molar-refractivity contribution >= 4 is 38.5 Å². The lowest BCUT2D eigenvalue weighted by Gasteiger charge is -2.18. The number of benzene rings is 2. The van der Waals surface area contributed by atoms with Gasteiger partial charge < -0.3 is 0 Å². The second kappa shape index (κ2) is 6.78. The second-order valence-corrected chi connectivity index (χ2v) is 6.32. The minimum absolute atomic E-state index is 0.0640. The summed E-state index contributed by atoms with van der Waals surface area (Å²) in [5.74, 6) is 5.42. The van der Waals surface area contributed by atoms with Gasteiger partial charge in [-0.15, -0.1) is 0 Å². The zero-order valence-corrected chi connectivity index (χ0v) is 13.8. The first kappa shape index (κ1) is 14.9. The summed E-state index contributed by atoms with van der Waals surface area (Å²) in [5, 5.41) is 0. The van der Waals surface area contributed by atoms with Crippen LogP contribution in [-0.4, -0.2) is 0 Å². The Morgan fingerprint density at radius 3 is 2.74 bits per heavy atom. The first-order valence-electron chi connectivity index (χ1n) is 5.75. The molecule has 2 aromatic rings. The van der Waals surface area contributed by atoms with Gasteiger partial charge in [0, 0.05) is 8.04 Å². The molecule has 0 aromatic heterocycles. The highest BCUT2D eigenvalue weighted by Gasteiger charge is 2.14. The van der Waals surface area contributed by atoms with Gasteiger partial charge in [0.1, 0.15) is 5.82 Å². The van der Waals surface area contributed by atoms with Gasteiger partial charge in [-0.2, -0.15) is 0 Å². The molecule has 0 saturated carbocycles. The van der Waals surface area contributed by atoms with Crippen molar-refractivity contribution in [2.75, 3.05) is 0 Å². The van der Waals surface area contributed by atoms with Crippen molar-refractivity contribution in [2.24, 2.45) is 5.84 Å². The van der Waals surface area contributed by atoms with Crippen molar-refractivity contribution in [3.05, 3.63) is 67.5 Å². The lowest BCUT2D eigenvalue weighted by Crippen LogP contribution is -2.30. The molecule has 2 rings (SSSR count). The molecule has 0 aliphatic heterocycles. The van der Waals surface area contributed by atoms with E-state index in [-0.39, 0.29) is 11.9 Å². The Labute approximate surface area is 133 Å². The first-order chi connectivity index (χ1) is 9.10. The van der Waals surface area contributed by atoms with E-state index in [0.29, 0.717) is 6.42 Å².